The highest BCUT2D eigenvalue weighted by atomic mass is 35.5. The van der Waals surface area contributed by atoms with Crippen molar-refractivity contribution >= 4 is 24.0 Å². The molecular weight excluding hydrogens is 294 g/mol. The number of nitro benzene ring substituents is 1. The molecule has 3 N–H and O–H groups in total. The maximum atomic E-state index is 11.7. The second kappa shape index (κ2) is 9.31. The molecule has 1 amide bonds. The third-order valence-corrected chi connectivity index (χ3v) is 2.92. The zero-order valence-corrected chi connectivity index (χ0v) is 13.1. The quantitative estimate of drug-likeness (QED) is 0.594. The number of rotatable bonds is 7. The molecule has 1 rings (SSSR count). The van der Waals surface area contributed by atoms with Gasteiger partial charge in [-0.15, -0.1) is 12.4 Å². The van der Waals surface area contributed by atoms with Crippen LogP contribution in [0.2, 0.25) is 0 Å². The van der Waals surface area contributed by atoms with E-state index in [-0.39, 0.29) is 24.0 Å². The number of hydrogen-bond acceptors (Lipinski definition) is 4. The lowest BCUT2D eigenvalue weighted by Crippen LogP contribution is -2.42. The Balaban J connectivity index is 0.00000400. The number of non-ortho nitro benzene ring substituents is 1. The van der Waals surface area contributed by atoms with Crippen LogP contribution in [0.15, 0.2) is 24.3 Å². The van der Waals surface area contributed by atoms with Gasteiger partial charge in [-0.3, -0.25) is 14.9 Å². The molecule has 1 aromatic rings. The summed E-state index contributed by atoms with van der Waals surface area (Å²) >= 11 is 0. The van der Waals surface area contributed by atoms with Crippen molar-refractivity contribution in [2.75, 3.05) is 6.54 Å². The molecule has 0 unspecified atom stereocenters. The van der Waals surface area contributed by atoms with E-state index in [9.17, 15) is 14.9 Å². The molecule has 0 bridgehead atoms. The Kier molecular flexibility index (Phi) is 8.57. The van der Waals surface area contributed by atoms with Gasteiger partial charge in [-0.05, 0) is 24.3 Å². The number of benzene rings is 1. The van der Waals surface area contributed by atoms with E-state index in [4.69, 9.17) is 5.73 Å². The van der Waals surface area contributed by atoms with Crippen molar-refractivity contribution in [1.82, 2.24) is 5.32 Å². The zero-order chi connectivity index (χ0) is 15.1. The zero-order valence-electron chi connectivity index (χ0n) is 12.2. The summed E-state index contributed by atoms with van der Waals surface area (Å²) in [6.07, 6.45) is 1.28. The minimum atomic E-state index is -0.480. The molecule has 0 radical (unpaired) electrons. The molecule has 0 spiro atoms. The highest BCUT2D eigenvalue weighted by Gasteiger charge is 2.14. The van der Waals surface area contributed by atoms with Gasteiger partial charge in [0.25, 0.3) is 5.69 Å². The fourth-order valence-electron chi connectivity index (χ4n) is 1.86. The smallest absolute Gasteiger partial charge is 0.269 e. The number of amides is 1. The summed E-state index contributed by atoms with van der Waals surface area (Å²) in [5.74, 6) is 0.228. The molecule has 7 heteroatoms. The number of hydrogen-bond donors (Lipinski definition) is 2. The molecule has 6 nitrogen and oxygen atoms in total. The molecule has 0 saturated heterocycles. The Morgan fingerprint density at radius 3 is 2.38 bits per heavy atom. The highest BCUT2D eigenvalue weighted by molar-refractivity contribution is 5.85. The first-order chi connectivity index (χ1) is 9.40. The summed E-state index contributed by atoms with van der Waals surface area (Å²) in [6, 6.07) is 5.83. The lowest BCUT2D eigenvalue weighted by Gasteiger charge is -2.14. The number of nitro groups is 1. The molecule has 0 aliphatic heterocycles. The van der Waals surface area contributed by atoms with Gasteiger partial charge in [0.05, 0.1) is 11.0 Å². The molecule has 0 heterocycles. The Morgan fingerprint density at radius 1 is 1.33 bits per heavy atom. The number of nitrogens with two attached hydrogens (primary N) is 1. The Hall–Kier alpha value is -1.66. The topological polar surface area (TPSA) is 98.3 Å². The van der Waals surface area contributed by atoms with Gasteiger partial charge in [-0.1, -0.05) is 26.0 Å². The molecule has 0 aliphatic rings. The van der Waals surface area contributed by atoms with Crippen molar-refractivity contribution in [3.63, 3.8) is 0 Å². The Bertz CT molecular complexity index is 463. The normalized spacial score (nSPS) is 11.6. The van der Waals surface area contributed by atoms with Crippen molar-refractivity contribution < 1.29 is 9.72 Å². The fourth-order valence-corrected chi connectivity index (χ4v) is 1.86. The van der Waals surface area contributed by atoms with E-state index < -0.39 is 11.0 Å². The van der Waals surface area contributed by atoms with Crippen LogP contribution < -0.4 is 11.1 Å². The van der Waals surface area contributed by atoms with Crippen molar-refractivity contribution in [2.45, 2.75) is 32.7 Å². The van der Waals surface area contributed by atoms with E-state index >= 15 is 0 Å². The third-order valence-electron chi connectivity index (χ3n) is 2.92. The fraction of sp³-hybridized carbons (Fsp3) is 0.500. The van der Waals surface area contributed by atoms with Crippen LogP contribution in [0.4, 0.5) is 5.69 Å². The monoisotopic (exact) mass is 315 g/mol. The SMILES string of the molecule is CC(C)C[C@H](N)C(=O)NCCc1ccc([N+](=O)[O-])cc1.Cl. The van der Waals surface area contributed by atoms with Gasteiger partial charge in [0.1, 0.15) is 0 Å². The van der Waals surface area contributed by atoms with Crippen molar-refractivity contribution in [3.05, 3.63) is 39.9 Å². The van der Waals surface area contributed by atoms with Crippen LogP contribution in [0.3, 0.4) is 0 Å². The van der Waals surface area contributed by atoms with Crippen LogP contribution in [0, 0.1) is 16.0 Å². The average molecular weight is 316 g/mol. The first kappa shape index (κ1) is 19.3. The molecule has 0 saturated carbocycles. The predicted octanol–water partition coefficient (Wildman–Crippen LogP) is 2.05. The largest absolute Gasteiger partial charge is 0.354 e. The van der Waals surface area contributed by atoms with E-state index in [0.717, 1.165) is 5.56 Å². The van der Waals surface area contributed by atoms with E-state index in [0.29, 0.717) is 25.3 Å². The molecular formula is C14H22ClN3O3. The van der Waals surface area contributed by atoms with E-state index in [1.165, 1.54) is 12.1 Å². The predicted molar refractivity (Wildman–Crippen MR) is 84.5 cm³/mol. The maximum Gasteiger partial charge on any atom is 0.269 e. The van der Waals surface area contributed by atoms with Gasteiger partial charge in [-0.25, -0.2) is 0 Å². The summed E-state index contributed by atoms with van der Waals surface area (Å²) in [7, 11) is 0. The van der Waals surface area contributed by atoms with Gasteiger partial charge in [0.2, 0.25) is 5.91 Å². The van der Waals surface area contributed by atoms with Crippen LogP contribution in [0.5, 0.6) is 0 Å². The molecule has 0 aliphatic carbocycles. The Morgan fingerprint density at radius 2 is 1.90 bits per heavy atom. The number of nitrogens with zero attached hydrogens (tertiary/aromatic N) is 1. The standard InChI is InChI=1S/C14H21N3O3.ClH/c1-10(2)9-13(15)14(18)16-8-7-11-3-5-12(6-4-11)17(19)20;/h3-6,10,13H,7-9,15H2,1-2H3,(H,16,18);1H/t13-;/m0./s1. The highest BCUT2D eigenvalue weighted by Crippen LogP contribution is 2.12. The van der Waals surface area contributed by atoms with Gasteiger partial charge in [0, 0.05) is 18.7 Å². The van der Waals surface area contributed by atoms with Gasteiger partial charge >= 0.3 is 0 Å². The van der Waals surface area contributed by atoms with Crippen LogP contribution in [0.1, 0.15) is 25.8 Å². The van der Waals surface area contributed by atoms with E-state index in [2.05, 4.69) is 5.32 Å². The number of nitrogens with one attached hydrogen (secondary N) is 1. The molecule has 1 atom stereocenters. The molecule has 118 valence electrons. The number of carbonyl (C=O) groups is 1. The third kappa shape index (κ3) is 7.06. The van der Waals surface area contributed by atoms with Crippen LogP contribution >= 0.6 is 12.4 Å². The van der Waals surface area contributed by atoms with Crippen LogP contribution in [-0.4, -0.2) is 23.4 Å². The van der Waals surface area contributed by atoms with Gasteiger partial charge < -0.3 is 11.1 Å². The van der Waals surface area contributed by atoms with Crippen molar-refractivity contribution in [2.24, 2.45) is 11.7 Å². The summed E-state index contributed by atoms with van der Waals surface area (Å²) in [6.45, 7) is 4.51. The first-order valence-electron chi connectivity index (χ1n) is 6.66. The second-order valence-corrected chi connectivity index (χ2v) is 5.20. The first-order valence-corrected chi connectivity index (χ1v) is 6.66. The van der Waals surface area contributed by atoms with E-state index in [1.54, 1.807) is 12.1 Å². The maximum absolute atomic E-state index is 11.7. The number of halogens is 1. The molecule has 1 aromatic carbocycles. The number of carbonyl (C=O) groups excluding carboxylic acids is 1. The van der Waals surface area contributed by atoms with Crippen LogP contribution in [0.25, 0.3) is 0 Å². The lowest BCUT2D eigenvalue weighted by molar-refractivity contribution is -0.384. The van der Waals surface area contributed by atoms with Crippen molar-refractivity contribution in [3.8, 4) is 0 Å². The van der Waals surface area contributed by atoms with Gasteiger partial charge in [0.15, 0.2) is 0 Å². The summed E-state index contributed by atoms with van der Waals surface area (Å²) in [4.78, 5) is 21.8. The minimum Gasteiger partial charge on any atom is -0.354 e. The average Bonchev–Trinajstić information content (AvgIpc) is 2.38. The summed E-state index contributed by atoms with van der Waals surface area (Å²) in [5, 5.41) is 13.3. The second-order valence-electron chi connectivity index (χ2n) is 5.20. The lowest BCUT2D eigenvalue weighted by atomic mass is 10.0. The minimum absolute atomic E-state index is 0. The summed E-state index contributed by atoms with van der Waals surface area (Å²) < 4.78 is 0. The molecule has 21 heavy (non-hydrogen) atoms. The van der Waals surface area contributed by atoms with E-state index in [1.807, 2.05) is 13.8 Å². The molecule has 0 fully saturated rings. The summed E-state index contributed by atoms with van der Waals surface area (Å²) in [5.41, 5.74) is 6.77. The molecule has 0 aromatic heterocycles. The van der Waals surface area contributed by atoms with Crippen molar-refractivity contribution in [1.29, 1.82) is 0 Å². The van der Waals surface area contributed by atoms with Crippen LogP contribution in [-0.2, 0) is 11.2 Å². The Labute approximate surface area is 130 Å². The van der Waals surface area contributed by atoms with Gasteiger partial charge in [-0.2, -0.15) is 0 Å².